The Morgan fingerprint density at radius 3 is 2.32 bits per heavy atom. The number of benzene rings is 2. The number of aliphatic hydroxyl groups excluding tert-OH is 1. The fourth-order valence-corrected chi connectivity index (χ4v) is 5.94. The number of rotatable bonds is 11. The van der Waals surface area contributed by atoms with Crippen molar-refractivity contribution < 1.29 is 14.6 Å². The van der Waals surface area contributed by atoms with Crippen molar-refractivity contribution >= 4 is 5.78 Å². The van der Waals surface area contributed by atoms with E-state index in [2.05, 4.69) is 19.1 Å². The van der Waals surface area contributed by atoms with Gasteiger partial charge in [-0.15, -0.1) is 0 Å². The molecule has 34 heavy (non-hydrogen) atoms. The van der Waals surface area contributed by atoms with Crippen LogP contribution in [0.1, 0.15) is 94.5 Å². The number of allylic oxidation sites excluding steroid dienone is 1. The van der Waals surface area contributed by atoms with E-state index in [1.54, 1.807) is 0 Å². The highest BCUT2D eigenvalue weighted by Crippen LogP contribution is 2.55. The van der Waals surface area contributed by atoms with E-state index in [9.17, 15) is 9.90 Å². The Morgan fingerprint density at radius 2 is 1.71 bits per heavy atom. The molecule has 0 bridgehead atoms. The lowest BCUT2D eigenvalue weighted by Gasteiger charge is -2.51. The molecule has 3 heteroatoms. The van der Waals surface area contributed by atoms with Gasteiger partial charge in [0.25, 0.3) is 0 Å². The molecular weight excluding hydrogens is 420 g/mol. The molecule has 0 aromatic heterocycles. The summed E-state index contributed by atoms with van der Waals surface area (Å²) < 4.78 is 6.89. The second-order valence-electron chi connectivity index (χ2n) is 10.1. The lowest BCUT2D eigenvalue weighted by atomic mass is 9.53. The molecule has 0 heterocycles. The highest BCUT2D eigenvalue weighted by molar-refractivity contribution is 5.91. The standard InChI is InChI=1S/C31H40O3/c1-2-3-4-5-12-20-27(26-19-13-14-22-31(26)23-21-28(31)32)34-30(25-17-10-7-11-18-25)29(33)24-15-8-6-9-16-24/h6-12,15-18,20,26-27,29-30,33H,2-5,13-14,19,21-23H2,1H3/b20-12+/t26-,27-,29-,30-,31-/m1/s1. The van der Waals surface area contributed by atoms with Crippen molar-refractivity contribution in [1.29, 1.82) is 0 Å². The van der Waals surface area contributed by atoms with Crippen LogP contribution in [0.5, 0.6) is 0 Å². The van der Waals surface area contributed by atoms with Gasteiger partial charge in [-0.25, -0.2) is 0 Å². The third kappa shape index (κ3) is 5.53. The first-order valence-electron chi connectivity index (χ1n) is 13.3. The number of ether oxygens (including phenoxy) is 1. The zero-order valence-electron chi connectivity index (χ0n) is 20.6. The Hall–Kier alpha value is -2.23. The van der Waals surface area contributed by atoms with E-state index in [4.69, 9.17) is 4.74 Å². The van der Waals surface area contributed by atoms with Gasteiger partial charge >= 0.3 is 0 Å². The van der Waals surface area contributed by atoms with Crippen molar-refractivity contribution in [3.63, 3.8) is 0 Å². The predicted molar refractivity (Wildman–Crippen MR) is 137 cm³/mol. The molecule has 2 saturated carbocycles. The van der Waals surface area contributed by atoms with E-state index >= 15 is 0 Å². The van der Waals surface area contributed by atoms with E-state index in [0.717, 1.165) is 49.7 Å². The predicted octanol–water partition coefficient (Wildman–Crippen LogP) is 7.52. The van der Waals surface area contributed by atoms with Gasteiger partial charge in [-0.2, -0.15) is 0 Å². The number of hydrogen-bond donors (Lipinski definition) is 1. The van der Waals surface area contributed by atoms with Crippen molar-refractivity contribution in [1.82, 2.24) is 0 Å². The van der Waals surface area contributed by atoms with Crippen LogP contribution >= 0.6 is 0 Å². The van der Waals surface area contributed by atoms with Crippen LogP contribution in [0.4, 0.5) is 0 Å². The molecule has 2 aliphatic carbocycles. The minimum absolute atomic E-state index is 0.180. The maximum Gasteiger partial charge on any atom is 0.139 e. The third-order valence-electron chi connectivity index (χ3n) is 8.01. The summed E-state index contributed by atoms with van der Waals surface area (Å²) in [5, 5.41) is 11.5. The van der Waals surface area contributed by atoms with Gasteiger partial charge in [0.15, 0.2) is 0 Å². The highest BCUT2D eigenvalue weighted by atomic mass is 16.5. The highest BCUT2D eigenvalue weighted by Gasteiger charge is 2.54. The molecule has 2 fully saturated rings. The van der Waals surface area contributed by atoms with Crippen LogP contribution in [0.2, 0.25) is 0 Å². The van der Waals surface area contributed by atoms with Crippen LogP contribution in [0.25, 0.3) is 0 Å². The number of hydrogen-bond acceptors (Lipinski definition) is 3. The fourth-order valence-electron chi connectivity index (χ4n) is 5.94. The molecule has 2 aromatic carbocycles. The second kappa shape index (κ2) is 12.0. The van der Waals surface area contributed by atoms with Gasteiger partial charge in [0.1, 0.15) is 18.0 Å². The van der Waals surface area contributed by atoms with Gasteiger partial charge in [0, 0.05) is 17.8 Å². The third-order valence-corrected chi connectivity index (χ3v) is 8.01. The van der Waals surface area contributed by atoms with Gasteiger partial charge in [-0.1, -0.05) is 105 Å². The van der Waals surface area contributed by atoms with Gasteiger partial charge in [-0.3, -0.25) is 4.79 Å². The SMILES string of the molecule is CCCCC/C=C/[C@@H](O[C@H](c1ccccc1)[C@H](O)c1ccccc1)[C@H]1CCCC[C@@]12CCC2=O. The van der Waals surface area contributed by atoms with E-state index in [1.165, 1.54) is 19.3 Å². The summed E-state index contributed by atoms with van der Waals surface area (Å²) in [7, 11) is 0. The Balaban J connectivity index is 1.64. The summed E-state index contributed by atoms with van der Waals surface area (Å²) in [6.45, 7) is 2.22. The molecule has 0 radical (unpaired) electrons. The topological polar surface area (TPSA) is 46.5 Å². The van der Waals surface area contributed by atoms with Crippen molar-refractivity contribution in [2.45, 2.75) is 89.4 Å². The second-order valence-corrected chi connectivity index (χ2v) is 10.1. The molecule has 0 aliphatic heterocycles. The van der Waals surface area contributed by atoms with Crippen LogP contribution in [-0.2, 0) is 9.53 Å². The van der Waals surface area contributed by atoms with Crippen LogP contribution in [0.15, 0.2) is 72.8 Å². The lowest BCUT2D eigenvalue weighted by molar-refractivity contribution is -0.160. The zero-order chi connectivity index (χ0) is 23.8. The number of unbranched alkanes of at least 4 members (excludes halogenated alkanes) is 3. The number of Topliss-reactive ketones (excluding diaryl/α,β-unsaturated/α-hetero) is 1. The summed E-state index contributed by atoms with van der Waals surface area (Å²) >= 11 is 0. The number of carbonyl (C=O) groups excluding carboxylic acids is 1. The summed E-state index contributed by atoms with van der Waals surface area (Å²) in [4.78, 5) is 12.9. The molecule has 2 aliphatic rings. The van der Waals surface area contributed by atoms with E-state index in [1.807, 2.05) is 60.7 Å². The zero-order valence-corrected chi connectivity index (χ0v) is 20.6. The Kier molecular flexibility index (Phi) is 8.74. The number of ketones is 1. The summed E-state index contributed by atoms with van der Waals surface area (Å²) in [5.41, 5.74) is 1.59. The van der Waals surface area contributed by atoms with E-state index in [-0.39, 0.29) is 17.4 Å². The van der Waals surface area contributed by atoms with Crippen LogP contribution in [0.3, 0.4) is 0 Å². The van der Waals surface area contributed by atoms with Crippen molar-refractivity contribution in [2.24, 2.45) is 11.3 Å². The van der Waals surface area contributed by atoms with Crippen LogP contribution in [-0.4, -0.2) is 17.0 Å². The minimum Gasteiger partial charge on any atom is -0.385 e. The van der Waals surface area contributed by atoms with E-state index < -0.39 is 12.2 Å². The van der Waals surface area contributed by atoms with Gasteiger partial charge in [-0.05, 0) is 43.2 Å². The van der Waals surface area contributed by atoms with Crippen molar-refractivity contribution in [2.75, 3.05) is 0 Å². The Labute approximate surface area is 205 Å². The largest absolute Gasteiger partial charge is 0.385 e. The molecular formula is C31H40O3. The van der Waals surface area contributed by atoms with Gasteiger partial charge < -0.3 is 9.84 Å². The summed E-state index contributed by atoms with van der Waals surface area (Å²) in [5.74, 6) is 0.601. The molecule has 1 N–H and O–H groups in total. The molecule has 3 nitrogen and oxygen atoms in total. The Morgan fingerprint density at radius 1 is 1.00 bits per heavy atom. The van der Waals surface area contributed by atoms with Crippen LogP contribution in [0, 0.1) is 11.3 Å². The molecule has 4 rings (SSSR count). The molecule has 0 saturated heterocycles. The normalized spacial score (nSPS) is 25.2. The average molecular weight is 461 g/mol. The molecule has 2 aromatic rings. The first kappa shape index (κ1) is 24.9. The summed E-state index contributed by atoms with van der Waals surface area (Å²) in [6.07, 6.45) is 13.6. The van der Waals surface area contributed by atoms with Crippen LogP contribution < -0.4 is 0 Å². The lowest BCUT2D eigenvalue weighted by Crippen LogP contribution is -2.52. The number of aliphatic hydroxyl groups is 1. The van der Waals surface area contributed by atoms with Gasteiger partial charge in [0.05, 0.1) is 6.10 Å². The van der Waals surface area contributed by atoms with Crippen molar-refractivity contribution in [3.05, 3.63) is 83.9 Å². The maximum atomic E-state index is 12.9. The first-order chi connectivity index (χ1) is 16.7. The van der Waals surface area contributed by atoms with Gasteiger partial charge in [0.2, 0.25) is 0 Å². The number of carbonyl (C=O) groups is 1. The van der Waals surface area contributed by atoms with Crippen molar-refractivity contribution in [3.8, 4) is 0 Å². The fraction of sp³-hybridized carbons (Fsp3) is 0.516. The molecule has 1 spiro atoms. The molecule has 0 unspecified atom stereocenters. The quantitative estimate of drug-likeness (QED) is 0.278. The van der Waals surface area contributed by atoms with E-state index in [0.29, 0.717) is 12.2 Å². The maximum absolute atomic E-state index is 12.9. The minimum atomic E-state index is -0.781. The molecule has 0 amide bonds. The summed E-state index contributed by atoms with van der Waals surface area (Å²) in [6, 6.07) is 19.8. The average Bonchev–Trinajstić information content (AvgIpc) is 2.90. The molecule has 5 atom stereocenters. The molecule has 182 valence electrons. The monoisotopic (exact) mass is 460 g/mol. The first-order valence-corrected chi connectivity index (χ1v) is 13.3. The smallest absolute Gasteiger partial charge is 0.139 e. The Bertz CT molecular complexity index is 922.